The lowest BCUT2D eigenvalue weighted by atomic mass is 10.1. The largest absolute Gasteiger partial charge is 0.327 e. The van der Waals surface area contributed by atoms with Crippen LogP contribution < -0.4 is 0 Å². The van der Waals surface area contributed by atoms with E-state index < -0.39 is 10.0 Å². The molecule has 0 N–H and O–H groups in total. The quantitative estimate of drug-likeness (QED) is 0.746. The van der Waals surface area contributed by atoms with Crippen molar-refractivity contribution in [2.45, 2.75) is 70.0 Å². The summed E-state index contributed by atoms with van der Waals surface area (Å²) in [6.45, 7) is 7.88. The van der Waals surface area contributed by atoms with E-state index in [0.29, 0.717) is 18.5 Å². The summed E-state index contributed by atoms with van der Waals surface area (Å²) in [5.74, 6) is 1.66. The summed E-state index contributed by atoms with van der Waals surface area (Å²) in [5.41, 5.74) is 2.25. The second-order valence-corrected chi connectivity index (χ2v) is 11.2. The summed E-state index contributed by atoms with van der Waals surface area (Å²) < 4.78 is 29.8. The smallest absolute Gasteiger partial charge is 0.217 e. The van der Waals surface area contributed by atoms with Crippen LogP contribution in [0.15, 0.2) is 24.3 Å². The SMILES string of the molecule is CC(C)Cn1c(CN2CC[C@H]3[C@@H]2CCN3S(=O)(=O)C2CC2)nc2ccccc21. The molecule has 0 radical (unpaired) electrons. The molecular weight excluding hydrogens is 372 g/mol. The highest BCUT2D eigenvalue weighted by molar-refractivity contribution is 7.90. The van der Waals surface area contributed by atoms with Crippen molar-refractivity contribution in [2.75, 3.05) is 13.1 Å². The lowest BCUT2D eigenvalue weighted by Gasteiger charge is -2.25. The van der Waals surface area contributed by atoms with Crippen molar-refractivity contribution in [1.82, 2.24) is 18.8 Å². The average molecular weight is 403 g/mol. The minimum Gasteiger partial charge on any atom is -0.327 e. The maximum absolute atomic E-state index is 12.8. The van der Waals surface area contributed by atoms with Crippen LogP contribution in [0.5, 0.6) is 0 Å². The maximum atomic E-state index is 12.8. The topological polar surface area (TPSA) is 58.4 Å². The summed E-state index contributed by atoms with van der Waals surface area (Å²) >= 11 is 0. The van der Waals surface area contributed by atoms with Gasteiger partial charge in [-0.25, -0.2) is 13.4 Å². The molecule has 1 aliphatic carbocycles. The fraction of sp³-hybridized carbons (Fsp3) is 0.667. The van der Waals surface area contributed by atoms with Crippen LogP contribution in [-0.2, 0) is 23.1 Å². The molecule has 1 aromatic carbocycles. The van der Waals surface area contributed by atoms with Crippen molar-refractivity contribution in [1.29, 1.82) is 0 Å². The zero-order valence-corrected chi connectivity index (χ0v) is 17.6. The Labute approximate surface area is 167 Å². The van der Waals surface area contributed by atoms with E-state index in [1.54, 1.807) is 0 Å². The summed E-state index contributed by atoms with van der Waals surface area (Å²) in [7, 11) is -3.07. The van der Waals surface area contributed by atoms with Crippen LogP contribution in [0.1, 0.15) is 45.4 Å². The molecular formula is C21H30N4O2S. The first-order chi connectivity index (χ1) is 13.4. The average Bonchev–Trinajstić information content (AvgIpc) is 3.21. The van der Waals surface area contributed by atoms with Crippen molar-refractivity contribution in [3.05, 3.63) is 30.1 Å². The van der Waals surface area contributed by atoms with Gasteiger partial charge in [-0.2, -0.15) is 4.31 Å². The Morgan fingerprint density at radius 1 is 1.07 bits per heavy atom. The third-order valence-electron chi connectivity index (χ3n) is 6.54. The zero-order valence-electron chi connectivity index (χ0n) is 16.8. The van der Waals surface area contributed by atoms with Crippen molar-refractivity contribution in [3.8, 4) is 0 Å². The Kier molecular flexibility index (Phi) is 4.52. The van der Waals surface area contributed by atoms with E-state index in [1.807, 2.05) is 10.4 Å². The molecule has 0 spiro atoms. The van der Waals surface area contributed by atoms with E-state index in [9.17, 15) is 8.42 Å². The molecule has 2 aliphatic heterocycles. The van der Waals surface area contributed by atoms with Crippen molar-refractivity contribution < 1.29 is 8.42 Å². The molecule has 2 saturated heterocycles. The van der Waals surface area contributed by atoms with Gasteiger partial charge in [0.2, 0.25) is 10.0 Å². The van der Waals surface area contributed by atoms with Crippen LogP contribution in [0.2, 0.25) is 0 Å². The Hall–Kier alpha value is -1.44. The first kappa shape index (κ1) is 18.6. The minimum atomic E-state index is -3.07. The maximum Gasteiger partial charge on any atom is 0.217 e. The molecule has 3 fully saturated rings. The predicted octanol–water partition coefficient (Wildman–Crippen LogP) is 2.83. The Balaban J connectivity index is 1.39. The number of likely N-dealkylation sites (tertiary alicyclic amines) is 1. The van der Waals surface area contributed by atoms with Crippen molar-refractivity contribution in [3.63, 3.8) is 0 Å². The lowest BCUT2D eigenvalue weighted by molar-refractivity contribution is 0.230. The van der Waals surface area contributed by atoms with Gasteiger partial charge in [0.1, 0.15) is 5.82 Å². The second-order valence-electron chi connectivity index (χ2n) is 9.06. The first-order valence-corrected chi connectivity index (χ1v) is 12.1. The van der Waals surface area contributed by atoms with Crippen LogP contribution in [0.4, 0.5) is 0 Å². The third-order valence-corrected chi connectivity index (χ3v) is 8.96. The highest BCUT2D eigenvalue weighted by Crippen LogP contribution is 2.39. The summed E-state index contributed by atoms with van der Waals surface area (Å²) in [6.07, 6.45) is 3.58. The van der Waals surface area contributed by atoms with Gasteiger partial charge in [-0.3, -0.25) is 4.90 Å². The minimum absolute atomic E-state index is 0.101. The van der Waals surface area contributed by atoms with E-state index >= 15 is 0 Å². The monoisotopic (exact) mass is 402 g/mol. The fourth-order valence-electron chi connectivity index (χ4n) is 5.10. The molecule has 28 heavy (non-hydrogen) atoms. The van der Waals surface area contributed by atoms with Crippen LogP contribution in [0.25, 0.3) is 11.0 Å². The molecule has 3 heterocycles. The number of sulfonamides is 1. The van der Waals surface area contributed by atoms with Crippen LogP contribution >= 0.6 is 0 Å². The molecule has 1 saturated carbocycles. The number of para-hydroxylation sites is 2. The number of rotatable bonds is 6. The number of imidazole rings is 1. The summed E-state index contributed by atoms with van der Waals surface area (Å²) in [6, 6.07) is 8.85. The molecule has 3 aliphatic rings. The summed E-state index contributed by atoms with van der Waals surface area (Å²) in [4.78, 5) is 7.42. The molecule has 2 atom stereocenters. The van der Waals surface area contributed by atoms with Crippen molar-refractivity contribution >= 4 is 21.1 Å². The Morgan fingerprint density at radius 3 is 2.57 bits per heavy atom. The number of hydrogen-bond acceptors (Lipinski definition) is 4. The number of benzene rings is 1. The molecule has 0 amide bonds. The molecule has 0 unspecified atom stereocenters. The molecule has 7 heteroatoms. The third kappa shape index (κ3) is 3.08. The molecule has 152 valence electrons. The van der Waals surface area contributed by atoms with Gasteiger partial charge in [-0.15, -0.1) is 0 Å². The van der Waals surface area contributed by atoms with E-state index in [1.165, 1.54) is 5.52 Å². The Morgan fingerprint density at radius 2 is 1.82 bits per heavy atom. The molecule has 0 bridgehead atoms. The van der Waals surface area contributed by atoms with Gasteiger partial charge >= 0.3 is 0 Å². The van der Waals surface area contributed by atoms with E-state index in [-0.39, 0.29) is 11.3 Å². The molecule has 5 rings (SSSR count). The predicted molar refractivity (Wildman–Crippen MR) is 110 cm³/mol. The van der Waals surface area contributed by atoms with Gasteiger partial charge in [0.05, 0.1) is 22.8 Å². The van der Waals surface area contributed by atoms with Gasteiger partial charge in [0.15, 0.2) is 0 Å². The normalized spacial score (nSPS) is 26.5. The Bertz CT molecular complexity index is 979. The van der Waals surface area contributed by atoms with Gasteiger partial charge in [0.25, 0.3) is 0 Å². The van der Waals surface area contributed by atoms with E-state index in [2.05, 4.69) is 41.5 Å². The number of fused-ring (bicyclic) bond motifs is 2. The zero-order chi connectivity index (χ0) is 19.5. The number of hydrogen-bond donors (Lipinski definition) is 0. The highest BCUT2D eigenvalue weighted by Gasteiger charge is 2.51. The van der Waals surface area contributed by atoms with Crippen LogP contribution in [0.3, 0.4) is 0 Å². The summed E-state index contributed by atoms with van der Waals surface area (Å²) in [5, 5.41) is -0.101. The van der Waals surface area contributed by atoms with Crippen molar-refractivity contribution in [2.24, 2.45) is 5.92 Å². The van der Waals surface area contributed by atoms with Crippen LogP contribution in [-0.4, -0.2) is 57.6 Å². The number of nitrogens with zero attached hydrogens (tertiary/aromatic N) is 4. The van der Waals surface area contributed by atoms with Gasteiger partial charge in [-0.05, 0) is 43.7 Å². The first-order valence-electron chi connectivity index (χ1n) is 10.6. The molecule has 6 nitrogen and oxygen atoms in total. The van der Waals surface area contributed by atoms with Gasteiger partial charge in [0, 0.05) is 31.7 Å². The van der Waals surface area contributed by atoms with E-state index in [4.69, 9.17) is 4.98 Å². The van der Waals surface area contributed by atoms with Gasteiger partial charge in [-0.1, -0.05) is 26.0 Å². The molecule has 1 aromatic heterocycles. The van der Waals surface area contributed by atoms with Crippen LogP contribution in [0, 0.1) is 5.92 Å². The number of aromatic nitrogens is 2. The second kappa shape index (κ2) is 6.82. The van der Waals surface area contributed by atoms with E-state index in [0.717, 1.165) is 56.7 Å². The lowest BCUT2D eigenvalue weighted by Crippen LogP contribution is -2.41. The standard InChI is InChI=1S/C21H30N4O2S/c1-15(2)13-24-18-6-4-3-5-17(18)22-21(24)14-23-11-9-20-19(23)10-12-25(20)28(26,27)16-7-8-16/h3-6,15-16,19-20H,7-14H2,1-2H3/t19-,20-/m0/s1. The van der Waals surface area contributed by atoms with Gasteiger partial charge < -0.3 is 4.57 Å². The fourth-order valence-corrected chi connectivity index (χ4v) is 7.20. The highest BCUT2D eigenvalue weighted by atomic mass is 32.2. The molecule has 2 aromatic rings.